The smallest absolute Gasteiger partial charge is 0.224 e. The molecular formula is C14H22N2O2. The Hall–Kier alpha value is -1.55. The molecule has 1 rings (SSSR count). The fourth-order valence-electron chi connectivity index (χ4n) is 1.88. The second-order valence-corrected chi connectivity index (χ2v) is 4.24. The van der Waals surface area contributed by atoms with E-state index in [1.807, 2.05) is 31.2 Å². The average Bonchev–Trinajstić information content (AvgIpc) is 2.38. The zero-order valence-electron chi connectivity index (χ0n) is 11.1. The molecule has 1 amide bonds. The van der Waals surface area contributed by atoms with E-state index >= 15 is 0 Å². The van der Waals surface area contributed by atoms with Crippen molar-refractivity contribution in [1.29, 1.82) is 0 Å². The van der Waals surface area contributed by atoms with Crippen molar-refractivity contribution in [1.82, 2.24) is 5.32 Å². The topological polar surface area (TPSA) is 64.3 Å². The van der Waals surface area contributed by atoms with Crippen molar-refractivity contribution in [2.45, 2.75) is 32.2 Å². The number of nitrogens with two attached hydrogens (primary N) is 1. The number of methoxy groups -OCH3 is 1. The minimum Gasteiger partial charge on any atom is -0.496 e. The summed E-state index contributed by atoms with van der Waals surface area (Å²) in [6.07, 6.45) is 2.05. The van der Waals surface area contributed by atoms with Gasteiger partial charge in [0.2, 0.25) is 5.91 Å². The lowest BCUT2D eigenvalue weighted by Crippen LogP contribution is -2.36. The molecule has 0 fully saturated rings. The molecule has 0 aliphatic heterocycles. The zero-order chi connectivity index (χ0) is 13.4. The molecule has 0 aromatic heterocycles. The Bertz CT molecular complexity index is 380. The maximum Gasteiger partial charge on any atom is 0.224 e. The van der Waals surface area contributed by atoms with Crippen LogP contribution in [0.5, 0.6) is 5.75 Å². The quantitative estimate of drug-likeness (QED) is 0.770. The van der Waals surface area contributed by atoms with Gasteiger partial charge in [0.15, 0.2) is 0 Å². The van der Waals surface area contributed by atoms with Gasteiger partial charge in [-0.3, -0.25) is 4.79 Å². The second kappa shape index (κ2) is 7.71. The van der Waals surface area contributed by atoms with E-state index in [2.05, 4.69) is 5.32 Å². The number of ether oxygens (including phenoxy) is 1. The Balaban J connectivity index is 2.58. The number of carbonyl (C=O) groups is 1. The maximum atomic E-state index is 11.9. The molecule has 100 valence electrons. The van der Waals surface area contributed by atoms with Gasteiger partial charge in [-0.1, -0.05) is 25.1 Å². The fourth-order valence-corrected chi connectivity index (χ4v) is 1.88. The van der Waals surface area contributed by atoms with E-state index < -0.39 is 0 Å². The summed E-state index contributed by atoms with van der Waals surface area (Å²) in [6, 6.07) is 7.73. The molecule has 1 unspecified atom stereocenters. The first-order valence-corrected chi connectivity index (χ1v) is 6.32. The molecular weight excluding hydrogens is 228 g/mol. The molecule has 3 N–H and O–H groups in total. The molecule has 4 heteroatoms. The van der Waals surface area contributed by atoms with Crippen molar-refractivity contribution >= 4 is 5.91 Å². The summed E-state index contributed by atoms with van der Waals surface area (Å²) in [6.45, 7) is 2.64. The Morgan fingerprint density at radius 1 is 1.44 bits per heavy atom. The summed E-state index contributed by atoms with van der Waals surface area (Å²) < 4.78 is 5.23. The first-order chi connectivity index (χ1) is 8.71. The van der Waals surface area contributed by atoms with Crippen molar-refractivity contribution in [3.63, 3.8) is 0 Å². The lowest BCUT2D eigenvalue weighted by molar-refractivity contribution is -0.121. The van der Waals surface area contributed by atoms with Gasteiger partial charge in [-0.25, -0.2) is 0 Å². The molecule has 1 aromatic rings. The van der Waals surface area contributed by atoms with Crippen molar-refractivity contribution in [3.8, 4) is 5.75 Å². The molecule has 4 nitrogen and oxygen atoms in total. The highest BCUT2D eigenvalue weighted by molar-refractivity contribution is 5.79. The first kappa shape index (κ1) is 14.5. The van der Waals surface area contributed by atoms with Gasteiger partial charge in [-0.05, 0) is 25.5 Å². The molecule has 0 saturated heterocycles. The molecule has 0 saturated carbocycles. The Labute approximate surface area is 109 Å². The highest BCUT2D eigenvalue weighted by Crippen LogP contribution is 2.17. The predicted octanol–water partition coefficient (Wildman–Crippen LogP) is 1.48. The number of rotatable bonds is 7. The van der Waals surface area contributed by atoms with Crippen molar-refractivity contribution in [3.05, 3.63) is 29.8 Å². The zero-order valence-corrected chi connectivity index (χ0v) is 11.1. The number of carbonyl (C=O) groups excluding carboxylic acids is 1. The largest absolute Gasteiger partial charge is 0.496 e. The van der Waals surface area contributed by atoms with Crippen LogP contribution in [0.15, 0.2) is 24.3 Å². The van der Waals surface area contributed by atoms with Crippen LogP contribution in [0.1, 0.15) is 25.3 Å². The van der Waals surface area contributed by atoms with Crippen LogP contribution in [-0.4, -0.2) is 25.6 Å². The lowest BCUT2D eigenvalue weighted by Gasteiger charge is -2.16. The van der Waals surface area contributed by atoms with Crippen LogP contribution in [0, 0.1) is 0 Å². The van der Waals surface area contributed by atoms with Gasteiger partial charge < -0.3 is 15.8 Å². The van der Waals surface area contributed by atoms with Gasteiger partial charge in [-0.15, -0.1) is 0 Å². The first-order valence-electron chi connectivity index (χ1n) is 6.32. The summed E-state index contributed by atoms with van der Waals surface area (Å²) in [4.78, 5) is 11.9. The predicted molar refractivity (Wildman–Crippen MR) is 72.6 cm³/mol. The van der Waals surface area contributed by atoms with E-state index in [-0.39, 0.29) is 11.9 Å². The number of nitrogens with one attached hydrogen (secondary N) is 1. The normalized spacial score (nSPS) is 11.9. The SMILES string of the molecule is CCC(CCN)NC(=O)Cc1ccccc1OC. The highest BCUT2D eigenvalue weighted by atomic mass is 16.5. The number of benzene rings is 1. The number of hydrogen-bond donors (Lipinski definition) is 2. The lowest BCUT2D eigenvalue weighted by atomic mass is 10.1. The van der Waals surface area contributed by atoms with E-state index in [9.17, 15) is 4.79 Å². The molecule has 18 heavy (non-hydrogen) atoms. The molecule has 0 aliphatic carbocycles. The van der Waals surface area contributed by atoms with Gasteiger partial charge in [0, 0.05) is 11.6 Å². The van der Waals surface area contributed by atoms with E-state index in [4.69, 9.17) is 10.5 Å². The maximum absolute atomic E-state index is 11.9. The Morgan fingerprint density at radius 3 is 2.78 bits per heavy atom. The molecule has 0 radical (unpaired) electrons. The van der Waals surface area contributed by atoms with Crippen molar-refractivity contribution in [2.24, 2.45) is 5.73 Å². The van der Waals surface area contributed by atoms with Crippen LogP contribution >= 0.6 is 0 Å². The Kier molecular flexibility index (Phi) is 6.22. The number of amides is 1. The monoisotopic (exact) mass is 250 g/mol. The van der Waals surface area contributed by atoms with E-state index in [1.54, 1.807) is 7.11 Å². The van der Waals surface area contributed by atoms with Crippen LogP contribution < -0.4 is 15.8 Å². The standard InChI is InChI=1S/C14H22N2O2/c1-3-12(8-9-15)16-14(17)10-11-6-4-5-7-13(11)18-2/h4-7,12H,3,8-10,15H2,1-2H3,(H,16,17). The average molecular weight is 250 g/mol. The van der Waals surface area contributed by atoms with Gasteiger partial charge in [-0.2, -0.15) is 0 Å². The summed E-state index contributed by atoms with van der Waals surface area (Å²) in [7, 11) is 1.61. The molecule has 0 spiro atoms. The van der Waals surface area contributed by atoms with Crippen LogP contribution in [-0.2, 0) is 11.2 Å². The molecule has 0 aliphatic rings. The van der Waals surface area contributed by atoms with Gasteiger partial charge in [0.1, 0.15) is 5.75 Å². The van der Waals surface area contributed by atoms with Gasteiger partial charge in [0.05, 0.1) is 13.5 Å². The minimum absolute atomic E-state index is 0.0137. The summed E-state index contributed by atoms with van der Waals surface area (Å²) in [5.41, 5.74) is 6.41. The summed E-state index contributed by atoms with van der Waals surface area (Å²) >= 11 is 0. The van der Waals surface area contributed by atoms with Crippen LogP contribution in [0.4, 0.5) is 0 Å². The third-order valence-corrected chi connectivity index (χ3v) is 2.92. The summed E-state index contributed by atoms with van der Waals surface area (Å²) in [5.74, 6) is 0.763. The second-order valence-electron chi connectivity index (χ2n) is 4.24. The summed E-state index contributed by atoms with van der Waals surface area (Å²) in [5, 5.41) is 2.99. The van der Waals surface area contributed by atoms with Crippen molar-refractivity contribution in [2.75, 3.05) is 13.7 Å². The fraction of sp³-hybridized carbons (Fsp3) is 0.500. The van der Waals surface area contributed by atoms with Gasteiger partial charge >= 0.3 is 0 Å². The third kappa shape index (κ3) is 4.37. The van der Waals surface area contributed by atoms with Crippen molar-refractivity contribution < 1.29 is 9.53 Å². The van der Waals surface area contributed by atoms with Crippen LogP contribution in [0.2, 0.25) is 0 Å². The Morgan fingerprint density at radius 2 is 2.17 bits per heavy atom. The van der Waals surface area contributed by atoms with E-state index in [0.29, 0.717) is 13.0 Å². The van der Waals surface area contributed by atoms with E-state index in [1.165, 1.54) is 0 Å². The molecule has 1 aromatic carbocycles. The highest BCUT2D eigenvalue weighted by Gasteiger charge is 2.12. The molecule has 1 atom stereocenters. The number of para-hydroxylation sites is 1. The minimum atomic E-state index is 0.0137. The third-order valence-electron chi connectivity index (χ3n) is 2.92. The van der Waals surface area contributed by atoms with Crippen LogP contribution in [0.25, 0.3) is 0 Å². The molecule has 0 heterocycles. The number of hydrogen-bond acceptors (Lipinski definition) is 3. The van der Waals surface area contributed by atoms with E-state index in [0.717, 1.165) is 24.2 Å². The molecule has 0 bridgehead atoms. The van der Waals surface area contributed by atoms with Gasteiger partial charge in [0.25, 0.3) is 0 Å². The van der Waals surface area contributed by atoms with Crippen LogP contribution in [0.3, 0.4) is 0 Å².